The molecule has 1 rings (SSSR count). The zero-order valence-corrected chi connectivity index (χ0v) is 8.88. The van der Waals surface area contributed by atoms with Crippen molar-refractivity contribution in [2.24, 2.45) is 0 Å². The largest absolute Gasteiger partial charge is 0.365 e. The molecule has 1 atom stereocenters. The van der Waals surface area contributed by atoms with Crippen LogP contribution in [0.2, 0.25) is 0 Å². The molecule has 0 bridgehead atoms. The van der Waals surface area contributed by atoms with E-state index in [0.29, 0.717) is 0 Å². The van der Waals surface area contributed by atoms with Crippen LogP contribution in [0, 0.1) is 0 Å². The van der Waals surface area contributed by atoms with Gasteiger partial charge in [-0.15, -0.1) is 0 Å². The summed E-state index contributed by atoms with van der Waals surface area (Å²) in [7, 11) is 0. The highest BCUT2D eigenvalue weighted by molar-refractivity contribution is 4.74. The average molecular weight is 186 g/mol. The summed E-state index contributed by atoms with van der Waals surface area (Å²) in [6, 6.07) is 0. The standard InChI is InChI=1S/C11H22O2/c1-3-7-10(2)13-11(12)8-5-4-6-9-11/h10,12H,3-9H2,1-2H3/t10-/m0/s1. The summed E-state index contributed by atoms with van der Waals surface area (Å²) in [5.41, 5.74) is 0. The first-order valence-corrected chi connectivity index (χ1v) is 5.56. The first-order chi connectivity index (χ1) is 6.16. The molecule has 0 unspecified atom stereocenters. The fraction of sp³-hybridized carbons (Fsp3) is 1.00. The third-order valence-corrected chi connectivity index (χ3v) is 2.75. The highest BCUT2D eigenvalue weighted by Crippen LogP contribution is 2.30. The van der Waals surface area contributed by atoms with Gasteiger partial charge in [0.25, 0.3) is 0 Å². The number of ether oxygens (including phenoxy) is 1. The Morgan fingerprint density at radius 1 is 1.31 bits per heavy atom. The first-order valence-electron chi connectivity index (χ1n) is 5.56. The normalized spacial score (nSPS) is 24.2. The maximum atomic E-state index is 10.0. The van der Waals surface area contributed by atoms with Crippen molar-refractivity contribution in [3.63, 3.8) is 0 Å². The van der Waals surface area contributed by atoms with Gasteiger partial charge in [0.15, 0.2) is 5.79 Å². The van der Waals surface area contributed by atoms with Gasteiger partial charge < -0.3 is 9.84 Å². The molecule has 13 heavy (non-hydrogen) atoms. The molecule has 0 aromatic heterocycles. The Morgan fingerprint density at radius 3 is 2.46 bits per heavy atom. The Balaban J connectivity index is 2.31. The molecule has 0 aromatic carbocycles. The summed E-state index contributed by atoms with van der Waals surface area (Å²) in [5.74, 6) is -0.799. The van der Waals surface area contributed by atoms with E-state index < -0.39 is 5.79 Å². The first kappa shape index (κ1) is 11.0. The van der Waals surface area contributed by atoms with Crippen molar-refractivity contribution in [1.29, 1.82) is 0 Å². The van der Waals surface area contributed by atoms with Gasteiger partial charge in [0.05, 0.1) is 6.10 Å². The van der Waals surface area contributed by atoms with E-state index in [9.17, 15) is 5.11 Å². The molecule has 0 heterocycles. The second kappa shape index (κ2) is 4.97. The minimum atomic E-state index is -0.799. The Kier molecular flexibility index (Phi) is 4.20. The molecule has 1 aliphatic rings. The van der Waals surface area contributed by atoms with Crippen molar-refractivity contribution in [2.45, 2.75) is 70.7 Å². The van der Waals surface area contributed by atoms with E-state index in [1.54, 1.807) is 0 Å². The second-order valence-corrected chi connectivity index (χ2v) is 4.22. The van der Waals surface area contributed by atoms with Crippen LogP contribution in [-0.4, -0.2) is 17.0 Å². The van der Waals surface area contributed by atoms with Gasteiger partial charge in [0, 0.05) is 12.8 Å². The van der Waals surface area contributed by atoms with E-state index in [-0.39, 0.29) is 6.10 Å². The molecule has 0 amide bonds. The predicted molar refractivity (Wildman–Crippen MR) is 53.5 cm³/mol. The maximum Gasteiger partial charge on any atom is 0.165 e. The Morgan fingerprint density at radius 2 is 1.92 bits per heavy atom. The number of hydrogen-bond acceptors (Lipinski definition) is 2. The average Bonchev–Trinajstić information content (AvgIpc) is 2.04. The Hall–Kier alpha value is -0.0800. The Labute approximate surface area is 81.3 Å². The lowest BCUT2D eigenvalue weighted by Crippen LogP contribution is -2.37. The molecule has 0 aliphatic heterocycles. The smallest absolute Gasteiger partial charge is 0.165 e. The van der Waals surface area contributed by atoms with Crippen LogP contribution >= 0.6 is 0 Å². The number of hydrogen-bond donors (Lipinski definition) is 1. The van der Waals surface area contributed by atoms with E-state index in [0.717, 1.165) is 38.5 Å². The van der Waals surface area contributed by atoms with Crippen LogP contribution in [0.1, 0.15) is 58.8 Å². The van der Waals surface area contributed by atoms with Gasteiger partial charge in [0.1, 0.15) is 0 Å². The van der Waals surface area contributed by atoms with E-state index in [4.69, 9.17) is 4.74 Å². The Bertz CT molecular complexity index is 139. The number of aliphatic hydroxyl groups is 1. The van der Waals surface area contributed by atoms with Gasteiger partial charge >= 0.3 is 0 Å². The lowest BCUT2D eigenvalue weighted by molar-refractivity contribution is -0.242. The summed E-state index contributed by atoms with van der Waals surface area (Å²) >= 11 is 0. The number of rotatable bonds is 4. The molecule has 78 valence electrons. The molecule has 0 spiro atoms. The van der Waals surface area contributed by atoms with Crippen molar-refractivity contribution >= 4 is 0 Å². The molecule has 2 nitrogen and oxygen atoms in total. The van der Waals surface area contributed by atoms with Crippen LogP contribution in [0.3, 0.4) is 0 Å². The summed E-state index contributed by atoms with van der Waals surface area (Å²) < 4.78 is 5.67. The minimum Gasteiger partial charge on any atom is -0.365 e. The van der Waals surface area contributed by atoms with Gasteiger partial charge in [-0.1, -0.05) is 19.8 Å². The predicted octanol–water partition coefficient (Wildman–Crippen LogP) is 2.84. The lowest BCUT2D eigenvalue weighted by Gasteiger charge is -2.34. The molecule has 1 N–H and O–H groups in total. The summed E-state index contributed by atoms with van der Waals surface area (Å²) in [4.78, 5) is 0. The van der Waals surface area contributed by atoms with Crippen LogP contribution < -0.4 is 0 Å². The minimum absolute atomic E-state index is 0.202. The molecule has 0 radical (unpaired) electrons. The summed E-state index contributed by atoms with van der Waals surface area (Å²) in [6.45, 7) is 4.20. The lowest BCUT2D eigenvalue weighted by atomic mass is 9.94. The van der Waals surface area contributed by atoms with Crippen LogP contribution in [0.4, 0.5) is 0 Å². The highest BCUT2D eigenvalue weighted by atomic mass is 16.6. The summed E-state index contributed by atoms with van der Waals surface area (Å²) in [5, 5.41) is 10.0. The zero-order chi connectivity index (χ0) is 9.73. The molecular formula is C11H22O2. The topological polar surface area (TPSA) is 29.5 Å². The second-order valence-electron chi connectivity index (χ2n) is 4.22. The zero-order valence-electron chi connectivity index (χ0n) is 8.88. The van der Waals surface area contributed by atoms with Gasteiger partial charge in [-0.25, -0.2) is 0 Å². The fourth-order valence-corrected chi connectivity index (χ4v) is 2.06. The van der Waals surface area contributed by atoms with Gasteiger partial charge in [-0.05, 0) is 26.2 Å². The molecule has 2 heteroatoms. The molecule has 1 aliphatic carbocycles. The highest BCUT2D eigenvalue weighted by Gasteiger charge is 2.31. The van der Waals surface area contributed by atoms with Crippen LogP contribution in [-0.2, 0) is 4.74 Å². The van der Waals surface area contributed by atoms with E-state index in [2.05, 4.69) is 13.8 Å². The molecular weight excluding hydrogens is 164 g/mol. The summed E-state index contributed by atoms with van der Waals surface area (Å²) in [6.07, 6.45) is 7.47. The van der Waals surface area contributed by atoms with Crippen molar-refractivity contribution < 1.29 is 9.84 Å². The molecule has 1 fully saturated rings. The van der Waals surface area contributed by atoms with Gasteiger partial charge in [-0.3, -0.25) is 0 Å². The van der Waals surface area contributed by atoms with E-state index >= 15 is 0 Å². The SMILES string of the molecule is CCC[C@H](C)OC1(O)CCCCC1. The van der Waals surface area contributed by atoms with Crippen molar-refractivity contribution in [3.8, 4) is 0 Å². The van der Waals surface area contributed by atoms with Crippen molar-refractivity contribution in [1.82, 2.24) is 0 Å². The third kappa shape index (κ3) is 3.65. The van der Waals surface area contributed by atoms with Crippen LogP contribution in [0.15, 0.2) is 0 Å². The maximum absolute atomic E-state index is 10.0. The van der Waals surface area contributed by atoms with E-state index in [1.807, 2.05) is 0 Å². The van der Waals surface area contributed by atoms with Crippen molar-refractivity contribution in [2.75, 3.05) is 0 Å². The molecule has 0 saturated heterocycles. The van der Waals surface area contributed by atoms with E-state index in [1.165, 1.54) is 6.42 Å². The van der Waals surface area contributed by atoms with Crippen LogP contribution in [0.25, 0.3) is 0 Å². The molecule has 0 aromatic rings. The van der Waals surface area contributed by atoms with Crippen molar-refractivity contribution in [3.05, 3.63) is 0 Å². The third-order valence-electron chi connectivity index (χ3n) is 2.75. The molecule has 1 saturated carbocycles. The van der Waals surface area contributed by atoms with Gasteiger partial charge in [0.2, 0.25) is 0 Å². The quantitative estimate of drug-likeness (QED) is 0.684. The van der Waals surface area contributed by atoms with Gasteiger partial charge in [-0.2, -0.15) is 0 Å². The fourth-order valence-electron chi connectivity index (χ4n) is 2.06. The monoisotopic (exact) mass is 186 g/mol. The van der Waals surface area contributed by atoms with Crippen LogP contribution in [0.5, 0.6) is 0 Å².